The summed E-state index contributed by atoms with van der Waals surface area (Å²) in [6.45, 7) is 0. The number of thiazole rings is 1. The number of nitrogens with zero attached hydrogens (tertiary/aromatic N) is 2. The third kappa shape index (κ3) is 0.769. The minimum atomic E-state index is 0.0402. The van der Waals surface area contributed by atoms with E-state index in [9.17, 15) is 4.79 Å². The van der Waals surface area contributed by atoms with E-state index in [1.165, 1.54) is 17.6 Å². The van der Waals surface area contributed by atoms with E-state index in [2.05, 4.69) is 9.98 Å². The molecule has 50 valence electrons. The Kier molecular flexibility index (Phi) is 1.14. The van der Waals surface area contributed by atoms with Crippen LogP contribution in [0.4, 0.5) is 5.00 Å². The molecule has 0 unspecified atom stereocenters. The molecule has 1 aliphatic heterocycles. The summed E-state index contributed by atoms with van der Waals surface area (Å²) in [5, 5.41) is 0.875. The van der Waals surface area contributed by atoms with Crippen LogP contribution in [0.1, 0.15) is 5.69 Å². The highest BCUT2D eigenvalue weighted by atomic mass is 32.1. The first-order valence-corrected chi connectivity index (χ1v) is 3.73. The van der Waals surface area contributed by atoms with Gasteiger partial charge >= 0.3 is 0 Å². The Hall–Kier alpha value is -1.03. The van der Waals surface area contributed by atoms with Gasteiger partial charge in [0.05, 0.1) is 23.8 Å². The number of ketones is 1. The molecule has 0 saturated carbocycles. The summed E-state index contributed by atoms with van der Waals surface area (Å²) in [6, 6.07) is 0. The van der Waals surface area contributed by atoms with E-state index >= 15 is 0 Å². The molecule has 0 atom stereocenters. The average Bonchev–Trinajstić information content (AvgIpc) is 2.33. The monoisotopic (exact) mass is 152 g/mol. The fourth-order valence-electron chi connectivity index (χ4n) is 0.831. The molecule has 1 aromatic rings. The average molecular weight is 152 g/mol. The van der Waals surface area contributed by atoms with Gasteiger partial charge in [-0.25, -0.2) is 9.98 Å². The van der Waals surface area contributed by atoms with Gasteiger partial charge in [-0.05, 0) is 0 Å². The Morgan fingerprint density at radius 1 is 1.60 bits per heavy atom. The van der Waals surface area contributed by atoms with Crippen molar-refractivity contribution in [2.24, 2.45) is 4.99 Å². The Balaban J connectivity index is 2.52. The summed E-state index contributed by atoms with van der Waals surface area (Å²) >= 11 is 1.47. The summed E-state index contributed by atoms with van der Waals surface area (Å²) in [7, 11) is 0. The molecule has 0 aromatic carbocycles. The third-order valence-electron chi connectivity index (χ3n) is 1.29. The van der Waals surface area contributed by atoms with Crippen molar-refractivity contribution < 1.29 is 4.79 Å². The molecule has 2 heterocycles. The zero-order valence-corrected chi connectivity index (χ0v) is 5.89. The van der Waals surface area contributed by atoms with Gasteiger partial charge in [-0.2, -0.15) is 0 Å². The normalized spacial score (nSPS) is 15.4. The van der Waals surface area contributed by atoms with E-state index in [-0.39, 0.29) is 5.78 Å². The predicted molar refractivity (Wildman–Crippen MR) is 39.0 cm³/mol. The lowest BCUT2D eigenvalue weighted by Gasteiger charge is -1.98. The highest BCUT2D eigenvalue weighted by Gasteiger charge is 2.13. The molecular formula is C6H4N2OS. The highest BCUT2D eigenvalue weighted by molar-refractivity contribution is 7.13. The van der Waals surface area contributed by atoms with Crippen LogP contribution in [0.2, 0.25) is 0 Å². The van der Waals surface area contributed by atoms with E-state index in [1.807, 2.05) is 0 Å². The Morgan fingerprint density at radius 2 is 2.50 bits per heavy atom. The molecule has 0 spiro atoms. The molecule has 2 rings (SSSR count). The fourth-order valence-corrected chi connectivity index (χ4v) is 1.48. The second-order valence-corrected chi connectivity index (χ2v) is 2.84. The van der Waals surface area contributed by atoms with Crippen LogP contribution in [0.25, 0.3) is 0 Å². The van der Waals surface area contributed by atoms with E-state index in [4.69, 9.17) is 0 Å². The summed E-state index contributed by atoms with van der Waals surface area (Å²) < 4.78 is 0. The Labute approximate surface area is 61.4 Å². The molecule has 10 heavy (non-hydrogen) atoms. The topological polar surface area (TPSA) is 42.3 Å². The fraction of sp³-hybridized carbons (Fsp3) is 0.167. The molecular weight excluding hydrogens is 148 g/mol. The Morgan fingerprint density at radius 3 is 3.40 bits per heavy atom. The van der Waals surface area contributed by atoms with Crippen LogP contribution in [0.15, 0.2) is 10.5 Å². The van der Waals surface area contributed by atoms with Crippen LogP contribution in [0.5, 0.6) is 0 Å². The van der Waals surface area contributed by atoms with Gasteiger partial charge in [0.2, 0.25) is 0 Å². The van der Waals surface area contributed by atoms with Gasteiger partial charge in [0.25, 0.3) is 0 Å². The molecule has 0 radical (unpaired) electrons. The number of Topliss-reactive ketones (excluding diaryl/α,β-unsaturated/α-hetero) is 1. The molecule has 1 aromatic heterocycles. The third-order valence-corrected chi connectivity index (χ3v) is 2.06. The molecule has 0 amide bonds. The maximum atomic E-state index is 10.7. The van der Waals surface area contributed by atoms with Crippen LogP contribution in [-0.2, 0) is 11.2 Å². The van der Waals surface area contributed by atoms with Crippen LogP contribution >= 0.6 is 11.3 Å². The number of fused-ring (bicyclic) bond motifs is 1. The summed E-state index contributed by atoms with van der Waals surface area (Å²) in [4.78, 5) is 18.6. The van der Waals surface area contributed by atoms with Gasteiger partial charge in [0.1, 0.15) is 5.00 Å². The molecule has 0 bridgehead atoms. The summed E-state index contributed by atoms with van der Waals surface area (Å²) in [5.41, 5.74) is 2.53. The van der Waals surface area contributed by atoms with Crippen LogP contribution < -0.4 is 0 Å². The first kappa shape index (κ1) is 5.73. The lowest BCUT2D eigenvalue weighted by atomic mass is 10.2. The van der Waals surface area contributed by atoms with Gasteiger partial charge in [-0.15, -0.1) is 11.3 Å². The first-order valence-electron chi connectivity index (χ1n) is 2.85. The SMILES string of the molecule is O=C1C=Nc2scnc2C1. The standard InChI is InChI=1S/C6H4N2OS/c9-4-1-5-6(7-2-4)10-3-8-5/h2-3H,1H2. The zero-order valence-electron chi connectivity index (χ0n) is 5.07. The zero-order chi connectivity index (χ0) is 6.97. The van der Waals surface area contributed by atoms with Crippen molar-refractivity contribution in [1.29, 1.82) is 0 Å². The predicted octanol–water partition coefficient (Wildman–Crippen LogP) is 0.971. The highest BCUT2D eigenvalue weighted by Crippen LogP contribution is 2.25. The molecule has 1 aliphatic rings. The largest absolute Gasteiger partial charge is 0.293 e. The van der Waals surface area contributed by atoms with Crippen molar-refractivity contribution >= 4 is 28.3 Å². The van der Waals surface area contributed by atoms with Crippen molar-refractivity contribution in [2.75, 3.05) is 0 Å². The first-order chi connectivity index (χ1) is 4.86. The van der Waals surface area contributed by atoms with E-state index in [0.29, 0.717) is 6.42 Å². The van der Waals surface area contributed by atoms with Crippen LogP contribution in [-0.4, -0.2) is 17.0 Å². The molecule has 0 fully saturated rings. The van der Waals surface area contributed by atoms with Crippen molar-refractivity contribution in [3.8, 4) is 0 Å². The van der Waals surface area contributed by atoms with Gasteiger partial charge < -0.3 is 0 Å². The summed E-state index contributed by atoms with van der Waals surface area (Å²) in [6.07, 6.45) is 1.78. The Bertz CT molecular complexity index is 302. The van der Waals surface area contributed by atoms with Crippen molar-refractivity contribution in [3.63, 3.8) is 0 Å². The van der Waals surface area contributed by atoms with Gasteiger partial charge in [-0.1, -0.05) is 0 Å². The van der Waals surface area contributed by atoms with Crippen LogP contribution in [0.3, 0.4) is 0 Å². The maximum absolute atomic E-state index is 10.7. The number of hydrogen-bond acceptors (Lipinski definition) is 4. The van der Waals surface area contributed by atoms with E-state index in [0.717, 1.165) is 10.7 Å². The molecule has 0 saturated heterocycles. The summed E-state index contributed by atoms with van der Waals surface area (Å²) in [5.74, 6) is 0.0402. The minimum absolute atomic E-state index is 0.0402. The van der Waals surface area contributed by atoms with Crippen molar-refractivity contribution in [2.45, 2.75) is 6.42 Å². The minimum Gasteiger partial charge on any atom is -0.293 e. The van der Waals surface area contributed by atoms with Crippen molar-refractivity contribution in [1.82, 2.24) is 4.98 Å². The molecule has 3 nitrogen and oxygen atoms in total. The number of aromatic nitrogens is 1. The number of carbonyl (C=O) groups excluding carboxylic acids is 1. The molecule has 0 N–H and O–H groups in total. The molecule has 4 heteroatoms. The smallest absolute Gasteiger partial charge is 0.179 e. The van der Waals surface area contributed by atoms with Gasteiger partial charge in [0.15, 0.2) is 5.78 Å². The number of carbonyl (C=O) groups is 1. The quantitative estimate of drug-likeness (QED) is 0.556. The van der Waals surface area contributed by atoms with Gasteiger partial charge in [-0.3, -0.25) is 4.79 Å². The van der Waals surface area contributed by atoms with Gasteiger partial charge in [0, 0.05) is 0 Å². The number of rotatable bonds is 0. The number of hydrogen-bond donors (Lipinski definition) is 0. The second-order valence-electron chi connectivity index (χ2n) is 2.01. The van der Waals surface area contributed by atoms with E-state index < -0.39 is 0 Å². The molecule has 0 aliphatic carbocycles. The van der Waals surface area contributed by atoms with Crippen LogP contribution in [0, 0.1) is 0 Å². The maximum Gasteiger partial charge on any atom is 0.179 e. The number of aliphatic imine (C=N–C) groups is 1. The second kappa shape index (κ2) is 1.98. The lowest BCUT2D eigenvalue weighted by Crippen LogP contribution is -2.07. The van der Waals surface area contributed by atoms with Crippen molar-refractivity contribution in [3.05, 3.63) is 11.2 Å². The lowest BCUT2D eigenvalue weighted by molar-refractivity contribution is -0.112. The van der Waals surface area contributed by atoms with E-state index in [1.54, 1.807) is 5.51 Å².